The molecule has 2 heterocycles. The summed E-state index contributed by atoms with van der Waals surface area (Å²) in [4.78, 5) is 46.0. The highest BCUT2D eigenvalue weighted by atomic mass is 16.5. The van der Waals surface area contributed by atoms with Gasteiger partial charge in [-0.2, -0.15) is 0 Å². The van der Waals surface area contributed by atoms with Gasteiger partial charge in [0.05, 0.1) is 24.6 Å². The maximum Gasteiger partial charge on any atom is 0.320 e. The number of ether oxygens (including phenoxy) is 1. The Bertz CT molecular complexity index is 1310. The zero-order chi connectivity index (χ0) is 31.3. The summed E-state index contributed by atoms with van der Waals surface area (Å²) in [7, 11) is 0. The zero-order valence-corrected chi connectivity index (χ0v) is 26.4. The van der Waals surface area contributed by atoms with E-state index >= 15 is 0 Å². The SMILES string of the molecule is CC(C)(C)c1ccc(C(=O)Nc2cc(C(=O)NC3CCC(N)CC3)ccc2N2CCCN(C(=O)N3CCOCC3)CC2)cc1. The number of hydrogen-bond donors (Lipinski definition) is 3. The molecule has 10 nitrogen and oxygen atoms in total. The van der Waals surface area contributed by atoms with Gasteiger partial charge in [0.15, 0.2) is 0 Å². The molecule has 2 aromatic carbocycles. The lowest BCUT2D eigenvalue weighted by Crippen LogP contribution is -2.49. The molecule has 0 atom stereocenters. The van der Waals surface area contributed by atoms with Crippen LogP contribution in [0.25, 0.3) is 0 Å². The zero-order valence-electron chi connectivity index (χ0n) is 26.4. The molecule has 4 amide bonds. The van der Waals surface area contributed by atoms with Crippen LogP contribution in [0, 0.1) is 0 Å². The van der Waals surface area contributed by atoms with Gasteiger partial charge in [-0.05, 0) is 73.4 Å². The summed E-state index contributed by atoms with van der Waals surface area (Å²) in [5.74, 6) is -0.385. The molecule has 0 aromatic heterocycles. The number of carbonyl (C=O) groups excluding carboxylic acids is 3. The smallest absolute Gasteiger partial charge is 0.320 e. The fourth-order valence-corrected chi connectivity index (χ4v) is 6.21. The minimum Gasteiger partial charge on any atom is -0.378 e. The Labute approximate surface area is 261 Å². The van der Waals surface area contributed by atoms with Gasteiger partial charge in [-0.25, -0.2) is 4.79 Å². The molecule has 2 aliphatic heterocycles. The highest BCUT2D eigenvalue weighted by Gasteiger charge is 2.27. The number of carbonyl (C=O) groups is 3. The first-order valence-corrected chi connectivity index (χ1v) is 16.1. The first-order chi connectivity index (χ1) is 21.1. The molecule has 2 saturated heterocycles. The van der Waals surface area contributed by atoms with Crippen LogP contribution in [-0.4, -0.2) is 92.2 Å². The summed E-state index contributed by atoms with van der Waals surface area (Å²) in [6.07, 6.45) is 4.33. The van der Waals surface area contributed by atoms with Gasteiger partial charge in [-0.1, -0.05) is 32.9 Å². The van der Waals surface area contributed by atoms with E-state index in [-0.39, 0.29) is 35.3 Å². The second-order valence-corrected chi connectivity index (χ2v) is 13.3. The molecule has 44 heavy (non-hydrogen) atoms. The van der Waals surface area contributed by atoms with Crippen LogP contribution in [0.2, 0.25) is 0 Å². The Morgan fingerprint density at radius 1 is 0.795 bits per heavy atom. The van der Waals surface area contributed by atoms with Crippen molar-refractivity contribution in [3.63, 3.8) is 0 Å². The predicted octanol–water partition coefficient (Wildman–Crippen LogP) is 4.20. The van der Waals surface area contributed by atoms with Gasteiger partial charge in [0, 0.05) is 62.5 Å². The molecule has 1 aliphatic carbocycles. The van der Waals surface area contributed by atoms with E-state index in [0.29, 0.717) is 62.8 Å². The molecule has 4 N–H and O–H groups in total. The topological polar surface area (TPSA) is 120 Å². The van der Waals surface area contributed by atoms with E-state index in [0.717, 1.165) is 49.9 Å². The average Bonchev–Trinajstić information content (AvgIpc) is 3.28. The Kier molecular flexibility index (Phi) is 10.1. The molecule has 2 aromatic rings. The lowest BCUT2D eigenvalue weighted by Gasteiger charge is -2.32. The van der Waals surface area contributed by atoms with Crippen molar-refractivity contribution in [2.45, 2.75) is 70.4 Å². The van der Waals surface area contributed by atoms with Crippen molar-refractivity contribution >= 4 is 29.2 Å². The molecule has 3 aliphatic rings. The normalized spacial score (nSPS) is 21.4. The maximum absolute atomic E-state index is 13.5. The molecule has 0 spiro atoms. The number of hydrogen-bond acceptors (Lipinski definition) is 6. The van der Waals surface area contributed by atoms with E-state index in [2.05, 4.69) is 36.3 Å². The monoisotopic (exact) mass is 604 g/mol. The molecule has 0 bridgehead atoms. The summed E-state index contributed by atoms with van der Waals surface area (Å²) >= 11 is 0. The molecule has 1 saturated carbocycles. The van der Waals surface area contributed by atoms with E-state index in [1.54, 1.807) is 6.07 Å². The Balaban J connectivity index is 1.35. The Morgan fingerprint density at radius 2 is 1.45 bits per heavy atom. The molecule has 5 rings (SSSR count). The van der Waals surface area contributed by atoms with E-state index in [4.69, 9.17) is 10.5 Å². The third kappa shape index (κ3) is 7.90. The molecular weight excluding hydrogens is 556 g/mol. The van der Waals surface area contributed by atoms with Crippen LogP contribution >= 0.6 is 0 Å². The average molecular weight is 605 g/mol. The van der Waals surface area contributed by atoms with Crippen LogP contribution in [0.3, 0.4) is 0 Å². The maximum atomic E-state index is 13.5. The number of morpholine rings is 1. The van der Waals surface area contributed by atoms with E-state index in [1.165, 1.54) is 0 Å². The lowest BCUT2D eigenvalue weighted by molar-refractivity contribution is 0.0438. The number of urea groups is 1. The van der Waals surface area contributed by atoms with Gasteiger partial charge in [-0.15, -0.1) is 0 Å². The third-order valence-electron chi connectivity index (χ3n) is 9.02. The summed E-state index contributed by atoms with van der Waals surface area (Å²) in [5.41, 5.74) is 9.67. The molecular formula is C34H48N6O4. The number of benzene rings is 2. The fraction of sp³-hybridized carbons (Fsp3) is 0.559. The summed E-state index contributed by atoms with van der Waals surface area (Å²) in [5, 5.41) is 6.28. The van der Waals surface area contributed by atoms with Gasteiger partial charge in [-0.3, -0.25) is 9.59 Å². The quantitative estimate of drug-likeness (QED) is 0.471. The van der Waals surface area contributed by atoms with Crippen molar-refractivity contribution in [3.05, 3.63) is 59.2 Å². The number of nitrogens with two attached hydrogens (primary N) is 1. The Hall–Kier alpha value is -3.63. The first-order valence-electron chi connectivity index (χ1n) is 16.1. The molecule has 0 radical (unpaired) electrons. The summed E-state index contributed by atoms with van der Waals surface area (Å²) in [6, 6.07) is 13.6. The van der Waals surface area contributed by atoms with E-state index < -0.39 is 0 Å². The molecule has 238 valence electrons. The van der Waals surface area contributed by atoms with E-state index in [1.807, 2.05) is 46.2 Å². The standard InChI is InChI=1S/C34H48N6O4/c1-34(2,3)26-8-5-24(6-9-26)31(41)37-29-23-25(32(42)36-28-12-10-27(35)11-13-28)7-14-30(29)38-15-4-16-39(18-17-38)33(43)40-19-21-44-22-20-40/h5-9,14,23,27-28H,4,10-13,15-22,35H2,1-3H3,(H,36,42)(H,37,41). The van der Waals surface area contributed by atoms with Crippen molar-refractivity contribution in [1.82, 2.24) is 15.1 Å². The molecule has 3 fully saturated rings. The van der Waals surface area contributed by atoms with Crippen LogP contribution in [0.4, 0.5) is 16.2 Å². The lowest BCUT2D eigenvalue weighted by atomic mass is 9.86. The van der Waals surface area contributed by atoms with Crippen molar-refractivity contribution in [3.8, 4) is 0 Å². The highest BCUT2D eigenvalue weighted by molar-refractivity contribution is 6.07. The van der Waals surface area contributed by atoms with Gasteiger partial charge in [0.1, 0.15) is 0 Å². The van der Waals surface area contributed by atoms with Crippen LogP contribution in [0.1, 0.15) is 79.2 Å². The van der Waals surface area contributed by atoms with Crippen LogP contribution < -0.4 is 21.3 Å². The predicted molar refractivity (Wildman–Crippen MR) is 173 cm³/mol. The van der Waals surface area contributed by atoms with E-state index in [9.17, 15) is 14.4 Å². The largest absolute Gasteiger partial charge is 0.378 e. The van der Waals surface area contributed by atoms with Crippen molar-refractivity contribution in [2.24, 2.45) is 5.73 Å². The number of nitrogens with zero attached hydrogens (tertiary/aromatic N) is 3. The second kappa shape index (κ2) is 14.0. The fourth-order valence-electron chi connectivity index (χ4n) is 6.21. The van der Waals surface area contributed by atoms with Crippen molar-refractivity contribution < 1.29 is 19.1 Å². The van der Waals surface area contributed by atoms with Crippen LogP contribution in [-0.2, 0) is 10.2 Å². The molecule has 0 unspecified atom stereocenters. The minimum atomic E-state index is -0.232. The number of anilines is 2. The number of nitrogens with one attached hydrogen (secondary N) is 2. The Morgan fingerprint density at radius 3 is 2.14 bits per heavy atom. The molecule has 10 heteroatoms. The number of rotatable bonds is 5. The minimum absolute atomic E-state index is 0.0168. The van der Waals surface area contributed by atoms with Gasteiger partial charge in [0.25, 0.3) is 11.8 Å². The van der Waals surface area contributed by atoms with Crippen LogP contribution in [0.5, 0.6) is 0 Å². The van der Waals surface area contributed by atoms with Crippen molar-refractivity contribution in [1.29, 1.82) is 0 Å². The van der Waals surface area contributed by atoms with Gasteiger partial charge in [0.2, 0.25) is 0 Å². The van der Waals surface area contributed by atoms with Crippen LogP contribution in [0.15, 0.2) is 42.5 Å². The van der Waals surface area contributed by atoms with Gasteiger partial charge < -0.3 is 35.8 Å². The third-order valence-corrected chi connectivity index (χ3v) is 9.02. The van der Waals surface area contributed by atoms with Crippen molar-refractivity contribution in [2.75, 3.05) is 62.7 Å². The summed E-state index contributed by atoms with van der Waals surface area (Å²) < 4.78 is 5.42. The highest BCUT2D eigenvalue weighted by Crippen LogP contribution is 2.30. The first kappa shape index (κ1) is 31.8. The summed E-state index contributed by atoms with van der Waals surface area (Å²) in [6.45, 7) is 11.4. The number of amides is 4. The second-order valence-electron chi connectivity index (χ2n) is 13.3. The van der Waals surface area contributed by atoms with Gasteiger partial charge >= 0.3 is 6.03 Å².